The van der Waals surface area contributed by atoms with Gasteiger partial charge in [0.15, 0.2) is 0 Å². The average Bonchev–Trinajstić information content (AvgIpc) is 2.81. The van der Waals surface area contributed by atoms with Crippen molar-refractivity contribution in [1.82, 2.24) is 4.98 Å². The smallest absolute Gasteiger partial charge is 0.307 e. The summed E-state index contributed by atoms with van der Waals surface area (Å²) in [5.41, 5.74) is 5.25. The SMILES string of the molecule is Cc1ccc(-c2ccc3[nH]cc(CC(=O)O)c3c2)cc1. The molecule has 0 saturated carbocycles. The highest BCUT2D eigenvalue weighted by molar-refractivity contribution is 5.90. The molecule has 0 spiro atoms. The number of hydrogen-bond donors (Lipinski definition) is 2. The molecule has 0 aliphatic rings. The minimum atomic E-state index is -0.813. The van der Waals surface area contributed by atoms with E-state index in [0.717, 1.165) is 27.6 Å². The molecule has 20 heavy (non-hydrogen) atoms. The molecule has 0 bridgehead atoms. The maximum absolute atomic E-state index is 10.9. The molecule has 0 aliphatic carbocycles. The van der Waals surface area contributed by atoms with E-state index in [2.05, 4.69) is 42.2 Å². The third-order valence-electron chi connectivity index (χ3n) is 3.49. The van der Waals surface area contributed by atoms with Crippen LogP contribution in [0.15, 0.2) is 48.7 Å². The van der Waals surface area contributed by atoms with E-state index in [9.17, 15) is 4.79 Å². The number of aryl methyl sites for hydroxylation is 1. The van der Waals surface area contributed by atoms with Crippen LogP contribution in [0.1, 0.15) is 11.1 Å². The summed E-state index contributed by atoms with van der Waals surface area (Å²) in [5.74, 6) is -0.813. The molecule has 0 atom stereocenters. The number of rotatable bonds is 3. The summed E-state index contributed by atoms with van der Waals surface area (Å²) >= 11 is 0. The number of carboxylic acids is 1. The lowest BCUT2D eigenvalue weighted by molar-refractivity contribution is -0.136. The molecule has 1 aromatic heterocycles. The van der Waals surface area contributed by atoms with E-state index < -0.39 is 5.97 Å². The number of aromatic amines is 1. The maximum atomic E-state index is 10.9. The standard InChI is InChI=1S/C17H15NO2/c1-11-2-4-12(5-3-11)13-6-7-16-15(8-13)14(10-18-16)9-17(19)20/h2-8,10,18H,9H2,1H3,(H,19,20). The monoisotopic (exact) mass is 265 g/mol. The molecule has 0 fully saturated rings. The van der Waals surface area contributed by atoms with Gasteiger partial charge in [-0.3, -0.25) is 4.79 Å². The van der Waals surface area contributed by atoms with Crippen molar-refractivity contribution in [2.24, 2.45) is 0 Å². The van der Waals surface area contributed by atoms with Crippen molar-refractivity contribution in [3.63, 3.8) is 0 Å². The summed E-state index contributed by atoms with van der Waals surface area (Å²) < 4.78 is 0. The van der Waals surface area contributed by atoms with Gasteiger partial charge in [0.05, 0.1) is 6.42 Å². The topological polar surface area (TPSA) is 53.1 Å². The van der Waals surface area contributed by atoms with Crippen LogP contribution in [0.2, 0.25) is 0 Å². The molecule has 2 aromatic carbocycles. The highest BCUT2D eigenvalue weighted by atomic mass is 16.4. The second-order valence-corrected chi connectivity index (χ2v) is 5.01. The highest BCUT2D eigenvalue weighted by Crippen LogP contribution is 2.26. The Morgan fingerprint density at radius 3 is 2.50 bits per heavy atom. The number of carboxylic acid groups (broad SMARTS) is 1. The number of aliphatic carboxylic acids is 1. The fourth-order valence-corrected chi connectivity index (χ4v) is 2.41. The van der Waals surface area contributed by atoms with Crippen molar-refractivity contribution in [1.29, 1.82) is 0 Å². The zero-order valence-corrected chi connectivity index (χ0v) is 11.2. The molecule has 100 valence electrons. The number of carbonyl (C=O) groups is 1. The number of nitrogens with one attached hydrogen (secondary N) is 1. The largest absolute Gasteiger partial charge is 0.481 e. The van der Waals surface area contributed by atoms with Crippen molar-refractivity contribution in [2.75, 3.05) is 0 Å². The lowest BCUT2D eigenvalue weighted by Gasteiger charge is -2.04. The molecule has 3 rings (SSSR count). The lowest BCUT2D eigenvalue weighted by atomic mass is 10.0. The number of aromatic nitrogens is 1. The fraction of sp³-hybridized carbons (Fsp3) is 0.118. The third-order valence-corrected chi connectivity index (χ3v) is 3.49. The van der Waals surface area contributed by atoms with Gasteiger partial charge in [-0.15, -0.1) is 0 Å². The highest BCUT2D eigenvalue weighted by Gasteiger charge is 2.08. The molecule has 0 saturated heterocycles. The summed E-state index contributed by atoms with van der Waals surface area (Å²) in [7, 11) is 0. The van der Waals surface area contributed by atoms with Gasteiger partial charge >= 0.3 is 5.97 Å². The van der Waals surface area contributed by atoms with Gasteiger partial charge in [0.1, 0.15) is 0 Å². The van der Waals surface area contributed by atoms with E-state index in [1.54, 1.807) is 6.20 Å². The Morgan fingerprint density at radius 1 is 1.10 bits per heavy atom. The number of benzene rings is 2. The van der Waals surface area contributed by atoms with Gasteiger partial charge in [-0.05, 0) is 35.7 Å². The Bertz CT molecular complexity index is 769. The summed E-state index contributed by atoms with van der Waals surface area (Å²) in [4.78, 5) is 14.0. The van der Waals surface area contributed by atoms with Gasteiger partial charge in [-0.2, -0.15) is 0 Å². The Hall–Kier alpha value is -2.55. The van der Waals surface area contributed by atoms with Crippen LogP contribution in [0, 0.1) is 6.92 Å². The third kappa shape index (κ3) is 2.30. The van der Waals surface area contributed by atoms with Gasteiger partial charge < -0.3 is 10.1 Å². The number of H-pyrrole nitrogens is 1. The lowest BCUT2D eigenvalue weighted by Crippen LogP contribution is -1.98. The summed E-state index contributed by atoms with van der Waals surface area (Å²) in [6, 6.07) is 14.4. The summed E-state index contributed by atoms with van der Waals surface area (Å²) in [6.07, 6.45) is 1.81. The number of fused-ring (bicyclic) bond motifs is 1. The second-order valence-electron chi connectivity index (χ2n) is 5.01. The van der Waals surface area contributed by atoms with Crippen LogP contribution in [0.3, 0.4) is 0 Å². The fourth-order valence-electron chi connectivity index (χ4n) is 2.41. The summed E-state index contributed by atoms with van der Waals surface area (Å²) in [5, 5.41) is 9.93. The maximum Gasteiger partial charge on any atom is 0.307 e. The van der Waals surface area contributed by atoms with Gasteiger partial charge in [0.25, 0.3) is 0 Å². The van der Waals surface area contributed by atoms with Gasteiger partial charge in [0, 0.05) is 17.1 Å². The van der Waals surface area contributed by atoms with Crippen LogP contribution < -0.4 is 0 Å². The van der Waals surface area contributed by atoms with E-state index in [4.69, 9.17) is 5.11 Å². The van der Waals surface area contributed by atoms with Crippen LogP contribution in [0.4, 0.5) is 0 Å². The molecule has 0 amide bonds. The Morgan fingerprint density at radius 2 is 1.80 bits per heavy atom. The predicted octanol–water partition coefficient (Wildman–Crippen LogP) is 3.77. The molecular formula is C17H15NO2. The minimum absolute atomic E-state index is 0.0390. The molecule has 1 heterocycles. The van der Waals surface area contributed by atoms with Crippen LogP contribution in [0.25, 0.3) is 22.0 Å². The molecule has 3 nitrogen and oxygen atoms in total. The van der Waals surface area contributed by atoms with Gasteiger partial charge in [-0.25, -0.2) is 0 Å². The van der Waals surface area contributed by atoms with E-state index >= 15 is 0 Å². The van der Waals surface area contributed by atoms with Crippen molar-refractivity contribution in [3.05, 3.63) is 59.8 Å². The van der Waals surface area contributed by atoms with Crippen LogP contribution in [-0.2, 0) is 11.2 Å². The molecule has 3 heteroatoms. The summed E-state index contributed by atoms with van der Waals surface area (Å²) in [6.45, 7) is 2.06. The van der Waals surface area contributed by atoms with Crippen molar-refractivity contribution in [2.45, 2.75) is 13.3 Å². The van der Waals surface area contributed by atoms with E-state index in [0.29, 0.717) is 0 Å². The van der Waals surface area contributed by atoms with Crippen molar-refractivity contribution in [3.8, 4) is 11.1 Å². The van der Waals surface area contributed by atoms with Gasteiger partial charge in [-0.1, -0.05) is 35.9 Å². The van der Waals surface area contributed by atoms with Crippen LogP contribution in [-0.4, -0.2) is 16.1 Å². The normalized spacial score (nSPS) is 10.8. The zero-order chi connectivity index (χ0) is 14.1. The first-order valence-corrected chi connectivity index (χ1v) is 6.52. The van der Waals surface area contributed by atoms with E-state index in [-0.39, 0.29) is 6.42 Å². The Balaban J connectivity index is 2.09. The molecule has 0 unspecified atom stereocenters. The minimum Gasteiger partial charge on any atom is -0.481 e. The first kappa shape index (κ1) is 12.5. The van der Waals surface area contributed by atoms with Crippen molar-refractivity contribution >= 4 is 16.9 Å². The zero-order valence-electron chi connectivity index (χ0n) is 11.2. The van der Waals surface area contributed by atoms with Gasteiger partial charge in [0.2, 0.25) is 0 Å². The molecule has 3 aromatic rings. The van der Waals surface area contributed by atoms with E-state index in [1.807, 2.05) is 12.1 Å². The molecular weight excluding hydrogens is 250 g/mol. The van der Waals surface area contributed by atoms with Crippen molar-refractivity contribution < 1.29 is 9.90 Å². The predicted molar refractivity (Wildman–Crippen MR) is 79.8 cm³/mol. The first-order chi connectivity index (χ1) is 9.63. The molecule has 0 radical (unpaired) electrons. The Kier molecular flexibility index (Phi) is 3.03. The average molecular weight is 265 g/mol. The first-order valence-electron chi connectivity index (χ1n) is 6.52. The van der Waals surface area contributed by atoms with E-state index in [1.165, 1.54) is 5.56 Å². The van der Waals surface area contributed by atoms with Crippen LogP contribution in [0.5, 0.6) is 0 Å². The molecule has 2 N–H and O–H groups in total. The quantitative estimate of drug-likeness (QED) is 0.757. The number of hydrogen-bond acceptors (Lipinski definition) is 1. The Labute approximate surface area is 116 Å². The molecule has 0 aliphatic heterocycles. The van der Waals surface area contributed by atoms with Crippen LogP contribution >= 0.6 is 0 Å². The second kappa shape index (κ2) is 4.85.